The van der Waals surface area contributed by atoms with Crippen LogP contribution in [0.5, 0.6) is 0 Å². The molecule has 36 heavy (non-hydrogen) atoms. The molecule has 0 N–H and O–H groups in total. The number of nitro groups is 1. The maximum atomic E-state index is 14.4. The van der Waals surface area contributed by atoms with Gasteiger partial charge in [-0.3, -0.25) is 24.6 Å². The van der Waals surface area contributed by atoms with E-state index in [-0.39, 0.29) is 5.69 Å². The number of nitro benzene ring substituents is 1. The van der Waals surface area contributed by atoms with Crippen LogP contribution < -0.4 is 4.90 Å². The van der Waals surface area contributed by atoms with Crippen LogP contribution in [0.3, 0.4) is 0 Å². The third-order valence-corrected chi connectivity index (χ3v) is 6.49. The molecule has 3 aromatic carbocycles. The van der Waals surface area contributed by atoms with Crippen molar-refractivity contribution in [3.63, 3.8) is 0 Å². The number of benzene rings is 3. The van der Waals surface area contributed by atoms with Crippen molar-refractivity contribution in [3.05, 3.63) is 104 Å². The van der Waals surface area contributed by atoms with Crippen molar-refractivity contribution in [2.75, 3.05) is 31.2 Å². The summed E-state index contributed by atoms with van der Waals surface area (Å²) in [6, 6.07) is 17.0. The standard InChI is InChI=1S/C27H26ClN3O5/c1-18-4-3-5-19(2)24(18)30(26(32)21-6-10-22(28)11-7-21)27(33)25(29-14-16-36-17-15-29)20-8-12-23(13-9-20)31(34)35/h3-13,25H,14-17H2,1-2H3/t25-/m0/s1. The van der Waals surface area contributed by atoms with Gasteiger partial charge in [-0.05, 0) is 54.8 Å². The number of nitrogens with zero attached hydrogens (tertiary/aromatic N) is 3. The first kappa shape index (κ1) is 25.5. The lowest BCUT2D eigenvalue weighted by Crippen LogP contribution is -2.49. The molecule has 4 rings (SSSR count). The molecule has 0 spiro atoms. The number of rotatable bonds is 6. The Balaban J connectivity index is 1.85. The molecule has 1 saturated heterocycles. The quantitative estimate of drug-likeness (QED) is 0.340. The molecule has 1 aliphatic rings. The maximum Gasteiger partial charge on any atom is 0.269 e. The molecule has 186 valence electrons. The fourth-order valence-electron chi connectivity index (χ4n) is 4.44. The van der Waals surface area contributed by atoms with Crippen LogP contribution in [-0.2, 0) is 9.53 Å². The molecule has 1 atom stereocenters. The van der Waals surface area contributed by atoms with Gasteiger partial charge in [0.2, 0.25) is 0 Å². The zero-order chi connectivity index (χ0) is 25.8. The number of imide groups is 1. The zero-order valence-electron chi connectivity index (χ0n) is 20.0. The van der Waals surface area contributed by atoms with E-state index in [2.05, 4.69) is 0 Å². The van der Waals surface area contributed by atoms with Gasteiger partial charge >= 0.3 is 0 Å². The molecular weight excluding hydrogens is 482 g/mol. The highest BCUT2D eigenvalue weighted by molar-refractivity contribution is 6.31. The first-order valence-corrected chi connectivity index (χ1v) is 11.9. The Kier molecular flexibility index (Phi) is 7.79. The number of non-ortho nitro benzene ring substituents is 1. The molecule has 1 heterocycles. The normalized spacial score (nSPS) is 14.8. The minimum absolute atomic E-state index is 0.0734. The summed E-state index contributed by atoms with van der Waals surface area (Å²) in [7, 11) is 0. The summed E-state index contributed by atoms with van der Waals surface area (Å²) in [4.78, 5) is 42.2. The van der Waals surface area contributed by atoms with Gasteiger partial charge in [0, 0.05) is 35.8 Å². The van der Waals surface area contributed by atoms with E-state index in [0.29, 0.717) is 48.1 Å². The first-order chi connectivity index (χ1) is 17.3. The molecule has 0 radical (unpaired) electrons. The lowest BCUT2D eigenvalue weighted by Gasteiger charge is -2.37. The Morgan fingerprint density at radius 3 is 2.11 bits per heavy atom. The Morgan fingerprint density at radius 2 is 1.56 bits per heavy atom. The maximum absolute atomic E-state index is 14.4. The SMILES string of the molecule is Cc1cccc(C)c1N(C(=O)c1ccc(Cl)cc1)C(=O)[C@H](c1ccc([N+](=O)[O-])cc1)N1CCOCC1. The van der Waals surface area contributed by atoms with Gasteiger partial charge in [0.05, 0.1) is 23.8 Å². The molecule has 0 aromatic heterocycles. The largest absolute Gasteiger partial charge is 0.379 e. The van der Waals surface area contributed by atoms with Crippen LogP contribution in [0.1, 0.15) is 33.1 Å². The zero-order valence-corrected chi connectivity index (χ0v) is 20.8. The molecule has 0 saturated carbocycles. The Hall–Kier alpha value is -3.59. The van der Waals surface area contributed by atoms with E-state index in [0.717, 1.165) is 11.1 Å². The monoisotopic (exact) mass is 507 g/mol. The van der Waals surface area contributed by atoms with E-state index in [4.69, 9.17) is 16.3 Å². The van der Waals surface area contributed by atoms with Crippen molar-refractivity contribution in [1.82, 2.24) is 4.90 Å². The molecule has 3 aromatic rings. The van der Waals surface area contributed by atoms with Crippen LogP contribution >= 0.6 is 11.6 Å². The number of carbonyl (C=O) groups is 2. The summed E-state index contributed by atoms with van der Waals surface area (Å²) in [5, 5.41) is 11.7. The van der Waals surface area contributed by atoms with E-state index < -0.39 is 22.8 Å². The third kappa shape index (κ3) is 5.31. The summed E-state index contributed by atoms with van der Waals surface area (Å²) in [5.74, 6) is -0.919. The van der Waals surface area contributed by atoms with Crippen molar-refractivity contribution in [3.8, 4) is 0 Å². The molecule has 0 unspecified atom stereocenters. The second-order valence-electron chi connectivity index (χ2n) is 8.63. The molecule has 8 nitrogen and oxygen atoms in total. The van der Waals surface area contributed by atoms with Crippen LogP contribution in [-0.4, -0.2) is 47.9 Å². The minimum Gasteiger partial charge on any atom is -0.379 e. The third-order valence-electron chi connectivity index (χ3n) is 6.24. The van der Waals surface area contributed by atoms with Crippen molar-refractivity contribution >= 4 is 34.8 Å². The number of anilines is 1. The van der Waals surface area contributed by atoms with E-state index in [1.54, 1.807) is 36.4 Å². The predicted octanol–water partition coefficient (Wildman–Crippen LogP) is 5.11. The number of hydrogen-bond donors (Lipinski definition) is 0. The van der Waals surface area contributed by atoms with Crippen molar-refractivity contribution < 1.29 is 19.2 Å². The van der Waals surface area contributed by atoms with E-state index in [1.807, 2.05) is 36.9 Å². The van der Waals surface area contributed by atoms with Gasteiger partial charge in [0.1, 0.15) is 6.04 Å². The number of aryl methyl sites for hydroxylation is 2. The number of morpholine rings is 1. The number of hydrogen-bond acceptors (Lipinski definition) is 6. The van der Waals surface area contributed by atoms with Crippen LogP contribution in [0.25, 0.3) is 0 Å². The summed E-state index contributed by atoms with van der Waals surface area (Å²) in [6.07, 6.45) is 0. The second-order valence-corrected chi connectivity index (χ2v) is 9.06. The lowest BCUT2D eigenvalue weighted by molar-refractivity contribution is -0.384. The van der Waals surface area contributed by atoms with Gasteiger partial charge < -0.3 is 4.74 Å². The fraction of sp³-hybridized carbons (Fsp3) is 0.259. The minimum atomic E-state index is -0.843. The number of para-hydroxylation sites is 1. The van der Waals surface area contributed by atoms with Gasteiger partial charge in [-0.25, -0.2) is 4.90 Å². The first-order valence-electron chi connectivity index (χ1n) is 11.5. The summed E-state index contributed by atoms with van der Waals surface area (Å²) < 4.78 is 5.49. The average molecular weight is 508 g/mol. The van der Waals surface area contributed by atoms with Crippen LogP contribution in [0.4, 0.5) is 11.4 Å². The van der Waals surface area contributed by atoms with Gasteiger partial charge in [-0.2, -0.15) is 0 Å². The molecule has 0 aliphatic carbocycles. The Labute approximate surface area is 214 Å². The number of amides is 2. The van der Waals surface area contributed by atoms with Gasteiger partial charge in [0.25, 0.3) is 17.5 Å². The van der Waals surface area contributed by atoms with Crippen molar-refractivity contribution in [2.45, 2.75) is 19.9 Å². The highest BCUT2D eigenvalue weighted by Crippen LogP contribution is 2.33. The second kappa shape index (κ2) is 11.0. The van der Waals surface area contributed by atoms with Crippen molar-refractivity contribution in [2.24, 2.45) is 0 Å². The predicted molar refractivity (Wildman–Crippen MR) is 137 cm³/mol. The van der Waals surface area contributed by atoms with Crippen LogP contribution in [0.2, 0.25) is 5.02 Å². The van der Waals surface area contributed by atoms with Gasteiger partial charge in [0.15, 0.2) is 0 Å². The summed E-state index contributed by atoms with van der Waals surface area (Å²) in [6.45, 7) is 5.53. The molecular formula is C27H26ClN3O5. The molecule has 2 amide bonds. The average Bonchev–Trinajstić information content (AvgIpc) is 2.87. The molecule has 1 aliphatic heterocycles. The number of halogens is 1. The number of ether oxygens (including phenoxy) is 1. The van der Waals surface area contributed by atoms with Gasteiger partial charge in [-0.15, -0.1) is 0 Å². The smallest absolute Gasteiger partial charge is 0.269 e. The molecule has 0 bridgehead atoms. The summed E-state index contributed by atoms with van der Waals surface area (Å²) >= 11 is 6.03. The lowest BCUT2D eigenvalue weighted by atomic mass is 9.99. The Morgan fingerprint density at radius 1 is 0.972 bits per heavy atom. The molecule has 9 heteroatoms. The van der Waals surface area contributed by atoms with Gasteiger partial charge in [-0.1, -0.05) is 41.9 Å². The van der Waals surface area contributed by atoms with E-state index >= 15 is 0 Å². The fourth-order valence-corrected chi connectivity index (χ4v) is 4.56. The van der Waals surface area contributed by atoms with Crippen molar-refractivity contribution in [1.29, 1.82) is 0 Å². The van der Waals surface area contributed by atoms with E-state index in [1.165, 1.54) is 17.0 Å². The van der Waals surface area contributed by atoms with E-state index in [9.17, 15) is 19.7 Å². The highest BCUT2D eigenvalue weighted by atomic mass is 35.5. The number of carbonyl (C=O) groups excluding carboxylic acids is 2. The van der Waals surface area contributed by atoms with Crippen LogP contribution in [0, 0.1) is 24.0 Å². The Bertz CT molecular complexity index is 1250. The molecule has 1 fully saturated rings. The highest BCUT2D eigenvalue weighted by Gasteiger charge is 2.37. The topological polar surface area (TPSA) is 93.0 Å². The van der Waals surface area contributed by atoms with Crippen LogP contribution in [0.15, 0.2) is 66.7 Å². The summed E-state index contributed by atoms with van der Waals surface area (Å²) in [5.41, 5.74) is 2.87.